The minimum Gasteiger partial charge on any atom is -0.497 e. The molecule has 2 aromatic carbocycles. The highest BCUT2D eigenvalue weighted by Gasteiger charge is 2.17. The van der Waals surface area contributed by atoms with Crippen LogP contribution in [0.15, 0.2) is 47.4 Å². The van der Waals surface area contributed by atoms with Crippen LogP contribution >= 0.6 is 0 Å². The van der Waals surface area contributed by atoms with Gasteiger partial charge in [-0.15, -0.1) is 0 Å². The molecule has 27 heavy (non-hydrogen) atoms. The van der Waals surface area contributed by atoms with Crippen LogP contribution in [-0.4, -0.2) is 41.7 Å². The van der Waals surface area contributed by atoms with Gasteiger partial charge in [0.25, 0.3) is 5.91 Å². The van der Waals surface area contributed by atoms with Gasteiger partial charge in [-0.2, -0.15) is 0 Å². The maximum Gasteiger partial charge on any atom is 0.251 e. The van der Waals surface area contributed by atoms with E-state index in [0.29, 0.717) is 17.7 Å². The predicted molar refractivity (Wildman–Crippen MR) is 102 cm³/mol. The second-order valence-electron chi connectivity index (χ2n) is 5.90. The molecule has 2 N–H and O–H groups in total. The summed E-state index contributed by atoms with van der Waals surface area (Å²) >= 11 is 0. The summed E-state index contributed by atoms with van der Waals surface area (Å²) in [6.45, 7) is 2.51. The molecule has 0 unspecified atom stereocenters. The van der Waals surface area contributed by atoms with Crippen molar-refractivity contribution in [1.82, 2.24) is 10.0 Å². The van der Waals surface area contributed by atoms with E-state index < -0.39 is 10.0 Å². The minimum absolute atomic E-state index is 0.0406. The van der Waals surface area contributed by atoms with Crippen molar-refractivity contribution in [2.45, 2.75) is 18.4 Å². The SMILES string of the molecule is COCCNS(=O)(=O)c1ccc(C)c(C(=O)NCc2ccc(OC)cc2)c1. The molecule has 146 valence electrons. The highest BCUT2D eigenvalue weighted by Crippen LogP contribution is 2.16. The molecule has 0 saturated carbocycles. The molecule has 7 nitrogen and oxygen atoms in total. The van der Waals surface area contributed by atoms with Gasteiger partial charge in [-0.25, -0.2) is 13.1 Å². The molecule has 0 bridgehead atoms. The molecule has 1 amide bonds. The second kappa shape index (κ2) is 9.50. The fourth-order valence-electron chi connectivity index (χ4n) is 2.40. The van der Waals surface area contributed by atoms with Crippen LogP contribution in [0.5, 0.6) is 5.75 Å². The lowest BCUT2D eigenvalue weighted by Gasteiger charge is -2.11. The number of methoxy groups -OCH3 is 2. The molecule has 0 radical (unpaired) electrons. The quantitative estimate of drug-likeness (QED) is 0.636. The minimum atomic E-state index is -3.70. The van der Waals surface area contributed by atoms with Crippen molar-refractivity contribution in [2.24, 2.45) is 0 Å². The summed E-state index contributed by atoms with van der Waals surface area (Å²) in [4.78, 5) is 12.6. The number of ether oxygens (including phenoxy) is 2. The number of nitrogens with one attached hydrogen (secondary N) is 2. The van der Waals surface area contributed by atoms with Crippen LogP contribution in [0.3, 0.4) is 0 Å². The predicted octanol–water partition coefficient (Wildman–Crippen LogP) is 1.86. The molecule has 2 aromatic rings. The van der Waals surface area contributed by atoms with E-state index in [2.05, 4.69) is 10.0 Å². The van der Waals surface area contributed by atoms with Crippen molar-refractivity contribution in [3.05, 3.63) is 59.2 Å². The summed E-state index contributed by atoms with van der Waals surface area (Å²) in [5, 5.41) is 2.81. The van der Waals surface area contributed by atoms with Gasteiger partial charge in [-0.3, -0.25) is 4.79 Å². The monoisotopic (exact) mass is 392 g/mol. The van der Waals surface area contributed by atoms with Gasteiger partial charge in [0.15, 0.2) is 0 Å². The van der Waals surface area contributed by atoms with Crippen molar-refractivity contribution < 1.29 is 22.7 Å². The van der Waals surface area contributed by atoms with E-state index in [1.165, 1.54) is 19.2 Å². The van der Waals surface area contributed by atoms with Gasteiger partial charge in [0, 0.05) is 25.8 Å². The van der Waals surface area contributed by atoms with E-state index in [9.17, 15) is 13.2 Å². The lowest BCUT2D eigenvalue weighted by molar-refractivity contribution is 0.0950. The highest BCUT2D eigenvalue weighted by molar-refractivity contribution is 7.89. The van der Waals surface area contributed by atoms with Crippen LogP contribution in [0.4, 0.5) is 0 Å². The summed E-state index contributed by atoms with van der Waals surface area (Å²) in [5.41, 5.74) is 1.92. The summed E-state index contributed by atoms with van der Waals surface area (Å²) < 4.78 is 37.0. The van der Waals surface area contributed by atoms with Gasteiger partial charge in [-0.1, -0.05) is 18.2 Å². The highest BCUT2D eigenvalue weighted by atomic mass is 32.2. The van der Waals surface area contributed by atoms with Gasteiger partial charge < -0.3 is 14.8 Å². The van der Waals surface area contributed by atoms with Gasteiger partial charge in [0.2, 0.25) is 10.0 Å². The van der Waals surface area contributed by atoms with E-state index in [0.717, 1.165) is 11.3 Å². The molecular weight excluding hydrogens is 368 g/mol. The van der Waals surface area contributed by atoms with E-state index in [-0.39, 0.29) is 24.0 Å². The summed E-state index contributed by atoms with van der Waals surface area (Å²) in [7, 11) is -0.624. The molecule has 0 aromatic heterocycles. The molecule has 0 aliphatic carbocycles. The number of hydrogen-bond donors (Lipinski definition) is 2. The zero-order valence-corrected chi connectivity index (χ0v) is 16.4. The zero-order valence-electron chi connectivity index (χ0n) is 15.6. The molecule has 8 heteroatoms. The van der Waals surface area contributed by atoms with Gasteiger partial charge in [0.05, 0.1) is 18.6 Å². The smallest absolute Gasteiger partial charge is 0.251 e. The molecule has 0 aliphatic rings. The summed E-state index contributed by atoms with van der Waals surface area (Å²) in [6, 6.07) is 11.8. The van der Waals surface area contributed by atoms with Crippen LogP contribution in [0.1, 0.15) is 21.5 Å². The Morgan fingerprint density at radius 3 is 2.41 bits per heavy atom. The van der Waals surface area contributed by atoms with Crippen molar-refractivity contribution in [3.8, 4) is 5.75 Å². The Morgan fingerprint density at radius 1 is 1.07 bits per heavy atom. The standard InChI is InChI=1S/C19H24N2O5S/c1-14-4-9-17(27(23,24)21-10-11-25-2)12-18(14)19(22)20-13-15-5-7-16(26-3)8-6-15/h4-9,12,21H,10-11,13H2,1-3H3,(H,20,22). The third-order valence-corrected chi connectivity index (χ3v) is 5.43. The first kappa shape index (κ1) is 20.9. The molecule has 0 atom stereocenters. The lowest BCUT2D eigenvalue weighted by atomic mass is 10.1. The Kier molecular flexibility index (Phi) is 7.35. The summed E-state index contributed by atoms with van der Waals surface area (Å²) in [5.74, 6) is 0.400. The Hall–Kier alpha value is -2.42. The second-order valence-corrected chi connectivity index (χ2v) is 7.67. The van der Waals surface area contributed by atoms with Crippen LogP contribution < -0.4 is 14.8 Å². The van der Waals surface area contributed by atoms with Crippen LogP contribution in [-0.2, 0) is 21.3 Å². The third kappa shape index (κ3) is 5.78. The molecule has 0 spiro atoms. The normalized spacial score (nSPS) is 11.2. The average molecular weight is 392 g/mol. The number of sulfonamides is 1. The molecule has 0 aliphatic heterocycles. The van der Waals surface area contributed by atoms with Crippen molar-refractivity contribution in [3.63, 3.8) is 0 Å². The summed E-state index contributed by atoms with van der Waals surface area (Å²) in [6.07, 6.45) is 0. The maximum absolute atomic E-state index is 12.5. The van der Waals surface area contributed by atoms with Gasteiger partial charge in [-0.05, 0) is 42.3 Å². The largest absolute Gasteiger partial charge is 0.497 e. The number of hydrogen-bond acceptors (Lipinski definition) is 5. The number of benzene rings is 2. The van der Waals surface area contributed by atoms with Crippen molar-refractivity contribution >= 4 is 15.9 Å². The first-order valence-electron chi connectivity index (χ1n) is 8.38. The molecule has 0 saturated heterocycles. The van der Waals surface area contributed by atoms with Crippen LogP contribution in [0, 0.1) is 6.92 Å². The fraction of sp³-hybridized carbons (Fsp3) is 0.316. The lowest BCUT2D eigenvalue weighted by Crippen LogP contribution is -2.28. The third-order valence-electron chi connectivity index (χ3n) is 3.97. The number of amides is 1. The molecule has 0 heterocycles. The van der Waals surface area contributed by atoms with E-state index in [1.807, 2.05) is 24.3 Å². The maximum atomic E-state index is 12.5. The van der Waals surface area contributed by atoms with Crippen LogP contribution in [0.25, 0.3) is 0 Å². The molecule has 2 rings (SSSR count). The molecular formula is C19H24N2O5S. The Morgan fingerprint density at radius 2 is 1.78 bits per heavy atom. The number of rotatable bonds is 9. The Balaban J connectivity index is 2.10. The first-order chi connectivity index (χ1) is 12.9. The van der Waals surface area contributed by atoms with Crippen LogP contribution in [0.2, 0.25) is 0 Å². The fourth-order valence-corrected chi connectivity index (χ4v) is 3.43. The van der Waals surface area contributed by atoms with E-state index >= 15 is 0 Å². The zero-order chi connectivity index (χ0) is 19.9. The number of carbonyl (C=O) groups is 1. The van der Waals surface area contributed by atoms with Gasteiger partial charge >= 0.3 is 0 Å². The van der Waals surface area contributed by atoms with E-state index in [4.69, 9.17) is 9.47 Å². The molecule has 0 fully saturated rings. The van der Waals surface area contributed by atoms with Crippen molar-refractivity contribution in [2.75, 3.05) is 27.4 Å². The topological polar surface area (TPSA) is 93.7 Å². The first-order valence-corrected chi connectivity index (χ1v) is 9.86. The number of aryl methyl sites for hydroxylation is 1. The Labute approximate surface area is 159 Å². The average Bonchev–Trinajstić information content (AvgIpc) is 2.66. The van der Waals surface area contributed by atoms with Gasteiger partial charge in [0.1, 0.15) is 5.75 Å². The van der Waals surface area contributed by atoms with Crippen molar-refractivity contribution in [1.29, 1.82) is 0 Å². The Bertz CT molecular complexity index is 879. The number of carbonyl (C=O) groups excluding carboxylic acids is 1. The van der Waals surface area contributed by atoms with E-state index in [1.54, 1.807) is 20.1 Å².